The summed E-state index contributed by atoms with van der Waals surface area (Å²) in [5, 5.41) is 4.62. The van der Waals surface area contributed by atoms with Gasteiger partial charge in [0.15, 0.2) is 5.13 Å². The van der Waals surface area contributed by atoms with Crippen molar-refractivity contribution >= 4 is 34.0 Å². The number of fused-ring (bicyclic) bond motifs is 1. The largest absolute Gasteiger partial charge is 0.378 e. The van der Waals surface area contributed by atoms with E-state index in [9.17, 15) is 4.79 Å². The van der Waals surface area contributed by atoms with Crippen LogP contribution < -0.4 is 10.2 Å². The number of hydrogen-bond acceptors (Lipinski definition) is 5. The van der Waals surface area contributed by atoms with Gasteiger partial charge in [-0.1, -0.05) is 35.1 Å². The lowest BCUT2D eigenvalue weighted by Crippen LogP contribution is -2.36. The van der Waals surface area contributed by atoms with Gasteiger partial charge in [0.1, 0.15) is 4.88 Å². The number of anilines is 1. The molecule has 0 radical (unpaired) electrons. The lowest BCUT2D eigenvalue weighted by Gasteiger charge is -2.26. The van der Waals surface area contributed by atoms with Crippen LogP contribution in [0, 0.1) is 0 Å². The average Bonchev–Trinajstić information content (AvgIpc) is 2.99. The summed E-state index contributed by atoms with van der Waals surface area (Å²) < 4.78 is 5.41. The molecule has 0 spiro atoms. The molecule has 2 aromatic rings. The number of halogens is 1. The lowest BCUT2D eigenvalue weighted by molar-refractivity contribution is 0.0960. The molecule has 1 aromatic carbocycles. The second-order valence-electron chi connectivity index (χ2n) is 5.96. The molecule has 2 aliphatic heterocycles. The van der Waals surface area contributed by atoms with Gasteiger partial charge in [0, 0.05) is 30.6 Å². The maximum atomic E-state index is 12.4. The maximum absolute atomic E-state index is 12.4. The number of carbonyl (C=O) groups is 1. The Morgan fingerprint density at radius 2 is 2.00 bits per heavy atom. The van der Waals surface area contributed by atoms with Gasteiger partial charge in [0.25, 0.3) is 5.91 Å². The molecule has 3 heterocycles. The number of thiazole rings is 1. The van der Waals surface area contributed by atoms with Crippen LogP contribution in [0.1, 0.15) is 33.3 Å². The predicted molar refractivity (Wildman–Crippen MR) is 95.4 cm³/mol. The summed E-state index contributed by atoms with van der Waals surface area (Å²) in [5.74, 6) is 0.0979. The Balaban J connectivity index is 1.73. The Kier molecular flexibility index (Phi) is 4.43. The minimum atomic E-state index is -0.0153. The summed E-state index contributed by atoms with van der Waals surface area (Å²) in [7, 11) is 0. The molecular weight excluding hydrogens is 346 g/mol. The molecule has 0 aliphatic carbocycles. The highest BCUT2D eigenvalue weighted by molar-refractivity contribution is 7.17. The number of morpholine rings is 1. The van der Waals surface area contributed by atoms with E-state index in [4.69, 9.17) is 21.3 Å². The number of amides is 1. The number of hydrogen-bond donors (Lipinski definition) is 1. The van der Waals surface area contributed by atoms with Crippen LogP contribution in [0.5, 0.6) is 0 Å². The van der Waals surface area contributed by atoms with Crippen LogP contribution in [0.3, 0.4) is 0 Å². The van der Waals surface area contributed by atoms with E-state index in [1.165, 1.54) is 11.3 Å². The number of nitrogens with zero attached hydrogens (tertiary/aromatic N) is 2. The van der Waals surface area contributed by atoms with Crippen molar-refractivity contribution in [3.05, 3.63) is 45.4 Å². The summed E-state index contributed by atoms with van der Waals surface area (Å²) in [6, 6.07) is 7.85. The number of aromatic nitrogens is 1. The molecule has 5 nitrogen and oxygen atoms in total. The van der Waals surface area contributed by atoms with Gasteiger partial charge in [-0.3, -0.25) is 4.79 Å². The smallest absolute Gasteiger partial charge is 0.263 e. The lowest BCUT2D eigenvalue weighted by atomic mass is 9.92. The zero-order valence-electron chi connectivity index (χ0n) is 13.1. The standard InChI is InChI=1S/C17H18ClN3O2S/c18-12-3-1-11(2-4-12)13-5-6-19-16(22)15-14(13)20-17(24-15)21-7-9-23-10-8-21/h1-4,13H,5-10H2,(H,19,22). The van der Waals surface area contributed by atoms with Crippen molar-refractivity contribution in [1.82, 2.24) is 10.3 Å². The first-order valence-electron chi connectivity index (χ1n) is 8.09. The van der Waals surface area contributed by atoms with Gasteiger partial charge in [0.2, 0.25) is 0 Å². The van der Waals surface area contributed by atoms with Gasteiger partial charge in [0.05, 0.1) is 18.9 Å². The highest BCUT2D eigenvalue weighted by atomic mass is 35.5. The van der Waals surface area contributed by atoms with Gasteiger partial charge in [-0.15, -0.1) is 0 Å². The van der Waals surface area contributed by atoms with Crippen LogP contribution in [0.25, 0.3) is 0 Å². The Bertz CT molecular complexity index is 741. The van der Waals surface area contributed by atoms with Crippen molar-refractivity contribution in [3.8, 4) is 0 Å². The van der Waals surface area contributed by atoms with Crippen LogP contribution >= 0.6 is 22.9 Å². The fraction of sp³-hybridized carbons (Fsp3) is 0.412. The number of ether oxygens (including phenoxy) is 1. The maximum Gasteiger partial charge on any atom is 0.263 e. The van der Waals surface area contributed by atoms with Gasteiger partial charge < -0.3 is 15.0 Å². The Hall–Kier alpha value is -1.63. The topological polar surface area (TPSA) is 54.5 Å². The van der Waals surface area contributed by atoms with Gasteiger partial charge in [-0.05, 0) is 24.1 Å². The third-order valence-electron chi connectivity index (χ3n) is 4.45. The molecule has 126 valence electrons. The fourth-order valence-electron chi connectivity index (χ4n) is 3.18. The number of carbonyl (C=O) groups excluding carboxylic acids is 1. The van der Waals surface area contributed by atoms with Crippen LogP contribution in [0.4, 0.5) is 5.13 Å². The van der Waals surface area contributed by atoms with E-state index in [2.05, 4.69) is 10.2 Å². The summed E-state index contributed by atoms with van der Waals surface area (Å²) in [6.45, 7) is 3.70. The second kappa shape index (κ2) is 6.70. The molecule has 1 atom stereocenters. The van der Waals surface area contributed by atoms with Crippen molar-refractivity contribution in [2.24, 2.45) is 0 Å². The Morgan fingerprint density at radius 3 is 2.75 bits per heavy atom. The Morgan fingerprint density at radius 1 is 1.25 bits per heavy atom. The summed E-state index contributed by atoms with van der Waals surface area (Å²) in [4.78, 5) is 20.2. The number of nitrogens with one attached hydrogen (secondary N) is 1. The average molecular weight is 364 g/mol. The molecule has 4 rings (SSSR count). The molecule has 1 amide bonds. The van der Waals surface area contributed by atoms with E-state index >= 15 is 0 Å². The molecular formula is C17H18ClN3O2S. The Labute approximate surface area is 149 Å². The van der Waals surface area contributed by atoms with Gasteiger partial charge in [-0.25, -0.2) is 4.98 Å². The second-order valence-corrected chi connectivity index (χ2v) is 7.37. The molecule has 1 N–H and O–H groups in total. The van der Waals surface area contributed by atoms with E-state index < -0.39 is 0 Å². The van der Waals surface area contributed by atoms with Crippen molar-refractivity contribution in [1.29, 1.82) is 0 Å². The molecule has 0 bridgehead atoms. The molecule has 2 aliphatic rings. The first-order valence-corrected chi connectivity index (χ1v) is 9.29. The normalized spacial score (nSPS) is 21.1. The minimum Gasteiger partial charge on any atom is -0.378 e. The van der Waals surface area contributed by atoms with Crippen molar-refractivity contribution < 1.29 is 9.53 Å². The number of benzene rings is 1. The minimum absolute atomic E-state index is 0.0153. The van der Waals surface area contributed by atoms with Crippen LogP contribution in [-0.2, 0) is 4.74 Å². The van der Waals surface area contributed by atoms with Crippen LogP contribution in [-0.4, -0.2) is 43.7 Å². The van der Waals surface area contributed by atoms with Gasteiger partial charge >= 0.3 is 0 Å². The first kappa shape index (κ1) is 15.9. The van der Waals surface area contributed by atoms with E-state index in [0.29, 0.717) is 24.8 Å². The van der Waals surface area contributed by atoms with Crippen molar-refractivity contribution in [3.63, 3.8) is 0 Å². The molecule has 1 fully saturated rings. The molecule has 7 heteroatoms. The predicted octanol–water partition coefficient (Wildman–Crippen LogP) is 2.90. The van der Waals surface area contributed by atoms with Gasteiger partial charge in [-0.2, -0.15) is 0 Å². The summed E-state index contributed by atoms with van der Waals surface area (Å²) >= 11 is 7.50. The molecule has 1 unspecified atom stereocenters. The molecule has 24 heavy (non-hydrogen) atoms. The number of rotatable bonds is 2. The first-order chi connectivity index (χ1) is 11.7. The summed E-state index contributed by atoms with van der Waals surface area (Å²) in [6.07, 6.45) is 0.840. The molecule has 1 saturated heterocycles. The highest BCUT2D eigenvalue weighted by Crippen LogP contribution is 2.37. The molecule has 1 aromatic heterocycles. The zero-order valence-corrected chi connectivity index (χ0v) is 14.7. The third kappa shape index (κ3) is 3.01. The molecule has 0 saturated carbocycles. The van der Waals surface area contributed by atoms with E-state index in [1.54, 1.807) is 0 Å². The summed E-state index contributed by atoms with van der Waals surface area (Å²) in [5.41, 5.74) is 2.04. The van der Waals surface area contributed by atoms with E-state index in [1.807, 2.05) is 24.3 Å². The van der Waals surface area contributed by atoms with Crippen molar-refractivity contribution in [2.75, 3.05) is 37.7 Å². The van der Waals surface area contributed by atoms with E-state index in [0.717, 1.165) is 40.8 Å². The zero-order chi connectivity index (χ0) is 16.5. The SMILES string of the molecule is O=C1NCCC(c2ccc(Cl)cc2)c2nc(N3CCOCC3)sc21. The fourth-order valence-corrected chi connectivity index (χ4v) is 4.40. The monoisotopic (exact) mass is 363 g/mol. The van der Waals surface area contributed by atoms with Crippen LogP contribution in [0.15, 0.2) is 24.3 Å². The van der Waals surface area contributed by atoms with Crippen molar-refractivity contribution in [2.45, 2.75) is 12.3 Å². The highest BCUT2D eigenvalue weighted by Gasteiger charge is 2.30. The van der Waals surface area contributed by atoms with Crippen LogP contribution in [0.2, 0.25) is 5.02 Å². The quantitative estimate of drug-likeness (QED) is 0.891. The van der Waals surface area contributed by atoms with E-state index in [-0.39, 0.29) is 11.8 Å². The third-order valence-corrected chi connectivity index (χ3v) is 5.83.